The molecule has 186 valence electrons. The Balaban J connectivity index is 2.42. The Kier molecular flexibility index (Phi) is 10.1. The Morgan fingerprint density at radius 1 is 1.06 bits per heavy atom. The van der Waals surface area contributed by atoms with Crippen LogP contribution in [0.5, 0.6) is 0 Å². The molecule has 0 spiro atoms. The van der Waals surface area contributed by atoms with Crippen LogP contribution in [0.4, 0.5) is 5.69 Å². The Hall–Kier alpha value is -2.39. The molecule has 0 aromatic heterocycles. The molecule has 2 amide bonds. The average Bonchev–Trinajstić information content (AvgIpc) is 2.79. The third-order valence-corrected chi connectivity index (χ3v) is 7.35. The Morgan fingerprint density at radius 2 is 1.74 bits per heavy atom. The number of para-hydroxylation sites is 1. The van der Waals surface area contributed by atoms with E-state index in [0.717, 1.165) is 32.6 Å². The van der Waals surface area contributed by atoms with Gasteiger partial charge in [0.05, 0.1) is 11.9 Å². The first kappa shape index (κ1) is 27.9. The monoisotopic (exact) mass is 551 g/mol. The second-order valence-electron chi connectivity index (χ2n) is 8.40. The van der Waals surface area contributed by atoms with E-state index in [1.165, 1.54) is 4.90 Å². The van der Waals surface area contributed by atoms with E-state index in [1.807, 2.05) is 57.2 Å². The highest BCUT2D eigenvalue weighted by Crippen LogP contribution is 2.24. The molecule has 9 heteroatoms. The van der Waals surface area contributed by atoms with Gasteiger partial charge in [0.15, 0.2) is 0 Å². The zero-order chi connectivity index (χ0) is 25.5. The van der Waals surface area contributed by atoms with Crippen molar-refractivity contribution in [3.05, 3.63) is 64.1 Å². The molecule has 0 fully saturated rings. The molecule has 0 heterocycles. The summed E-state index contributed by atoms with van der Waals surface area (Å²) in [5, 5.41) is 2.92. The van der Waals surface area contributed by atoms with Gasteiger partial charge in [0.1, 0.15) is 12.6 Å². The number of nitrogens with one attached hydrogen (secondary N) is 1. The second-order valence-corrected chi connectivity index (χ2v) is 11.2. The van der Waals surface area contributed by atoms with E-state index >= 15 is 0 Å². The minimum absolute atomic E-state index is 0.0401. The highest BCUT2D eigenvalue weighted by atomic mass is 79.9. The molecule has 1 N–H and O–H groups in total. The predicted octanol–water partition coefficient (Wildman–Crippen LogP) is 4.11. The first-order chi connectivity index (χ1) is 16.0. The van der Waals surface area contributed by atoms with Crippen LogP contribution in [0, 0.1) is 0 Å². The summed E-state index contributed by atoms with van der Waals surface area (Å²) in [6, 6.07) is 13.8. The van der Waals surface area contributed by atoms with Crippen molar-refractivity contribution >= 4 is 43.5 Å². The average molecular weight is 553 g/mol. The van der Waals surface area contributed by atoms with E-state index in [2.05, 4.69) is 21.2 Å². The lowest BCUT2D eigenvalue weighted by atomic mass is 10.1. The maximum absolute atomic E-state index is 13.6. The quantitative estimate of drug-likeness (QED) is 0.455. The topological polar surface area (TPSA) is 86.8 Å². The van der Waals surface area contributed by atoms with Gasteiger partial charge < -0.3 is 10.2 Å². The number of hydrogen-bond donors (Lipinski definition) is 1. The Morgan fingerprint density at radius 3 is 2.32 bits per heavy atom. The lowest BCUT2D eigenvalue weighted by molar-refractivity contribution is -0.139. The molecule has 2 unspecified atom stereocenters. The van der Waals surface area contributed by atoms with Crippen molar-refractivity contribution in [1.29, 1.82) is 0 Å². The molecule has 0 aliphatic rings. The molecule has 2 aromatic rings. The van der Waals surface area contributed by atoms with Crippen molar-refractivity contribution in [2.45, 2.75) is 59.2 Å². The van der Waals surface area contributed by atoms with Crippen molar-refractivity contribution in [3.8, 4) is 0 Å². The molecule has 7 nitrogen and oxygen atoms in total. The largest absolute Gasteiger partial charge is 0.352 e. The predicted molar refractivity (Wildman–Crippen MR) is 140 cm³/mol. The summed E-state index contributed by atoms with van der Waals surface area (Å²) in [7, 11) is -3.75. The molecule has 34 heavy (non-hydrogen) atoms. The van der Waals surface area contributed by atoms with E-state index in [0.29, 0.717) is 12.1 Å². The van der Waals surface area contributed by atoms with Crippen LogP contribution < -0.4 is 9.62 Å². The molecule has 0 aliphatic carbocycles. The van der Waals surface area contributed by atoms with E-state index in [-0.39, 0.29) is 18.5 Å². The first-order valence-corrected chi connectivity index (χ1v) is 14.0. The van der Waals surface area contributed by atoms with Gasteiger partial charge in [0, 0.05) is 17.1 Å². The SMILES string of the molecule is CCc1ccccc1N(CC(=O)N(Cc1cccc(Br)c1)C(C)C(=O)NC(C)CC)S(C)(=O)=O. The minimum Gasteiger partial charge on any atom is -0.352 e. The third kappa shape index (κ3) is 7.56. The molecule has 2 atom stereocenters. The lowest BCUT2D eigenvalue weighted by Gasteiger charge is -2.32. The number of aryl methyl sites for hydroxylation is 1. The van der Waals surface area contributed by atoms with Gasteiger partial charge in [-0.3, -0.25) is 13.9 Å². The number of sulfonamides is 1. The van der Waals surface area contributed by atoms with Crippen LogP contribution in [0.2, 0.25) is 0 Å². The van der Waals surface area contributed by atoms with Gasteiger partial charge in [-0.25, -0.2) is 8.42 Å². The van der Waals surface area contributed by atoms with Crippen molar-refractivity contribution < 1.29 is 18.0 Å². The highest BCUT2D eigenvalue weighted by molar-refractivity contribution is 9.10. The van der Waals surface area contributed by atoms with Crippen molar-refractivity contribution in [2.24, 2.45) is 0 Å². The zero-order valence-electron chi connectivity index (χ0n) is 20.4. The highest BCUT2D eigenvalue weighted by Gasteiger charge is 2.31. The molecule has 0 aliphatic heterocycles. The van der Waals surface area contributed by atoms with Crippen LogP contribution in [0.3, 0.4) is 0 Å². The molecule has 0 saturated heterocycles. The molecule has 0 bridgehead atoms. The van der Waals surface area contributed by atoms with Crippen LogP contribution in [0.1, 0.15) is 45.2 Å². The van der Waals surface area contributed by atoms with Gasteiger partial charge in [-0.2, -0.15) is 0 Å². The summed E-state index contributed by atoms with van der Waals surface area (Å²) in [4.78, 5) is 28.0. The maximum atomic E-state index is 13.6. The number of benzene rings is 2. The van der Waals surface area contributed by atoms with Crippen LogP contribution >= 0.6 is 15.9 Å². The number of carbonyl (C=O) groups is 2. The first-order valence-electron chi connectivity index (χ1n) is 11.4. The number of halogens is 1. The van der Waals surface area contributed by atoms with Crippen molar-refractivity contribution in [1.82, 2.24) is 10.2 Å². The van der Waals surface area contributed by atoms with Gasteiger partial charge >= 0.3 is 0 Å². The molecule has 2 aromatic carbocycles. The Bertz CT molecular complexity index is 1110. The number of anilines is 1. The maximum Gasteiger partial charge on any atom is 0.244 e. The van der Waals surface area contributed by atoms with Crippen LogP contribution in [0.25, 0.3) is 0 Å². The van der Waals surface area contributed by atoms with Crippen LogP contribution in [0.15, 0.2) is 53.0 Å². The van der Waals surface area contributed by atoms with E-state index < -0.39 is 28.5 Å². The van der Waals surface area contributed by atoms with Gasteiger partial charge in [0.25, 0.3) is 0 Å². The minimum atomic E-state index is -3.75. The van der Waals surface area contributed by atoms with Crippen LogP contribution in [-0.2, 0) is 32.6 Å². The normalized spacial score (nSPS) is 13.1. The summed E-state index contributed by atoms with van der Waals surface area (Å²) < 4.78 is 27.4. The fourth-order valence-electron chi connectivity index (χ4n) is 3.53. The number of nitrogens with zero attached hydrogens (tertiary/aromatic N) is 2. The molecular formula is C25H34BrN3O4S. The van der Waals surface area contributed by atoms with E-state index in [9.17, 15) is 18.0 Å². The smallest absolute Gasteiger partial charge is 0.244 e. The standard InChI is InChI=1S/C25H34BrN3O4S/c1-6-18(3)27-25(31)19(4)28(16-20-11-10-13-22(26)15-20)24(30)17-29(34(5,32)33)23-14-9-8-12-21(23)7-2/h8-15,18-19H,6-7,16-17H2,1-5H3,(H,27,31). The summed E-state index contributed by atoms with van der Waals surface area (Å²) in [6.07, 6.45) is 2.46. The van der Waals surface area contributed by atoms with Gasteiger partial charge in [-0.1, -0.05) is 60.1 Å². The fourth-order valence-corrected chi connectivity index (χ4v) is 4.86. The van der Waals surface area contributed by atoms with E-state index in [4.69, 9.17) is 0 Å². The molecule has 0 radical (unpaired) electrons. The molecule has 0 saturated carbocycles. The van der Waals surface area contributed by atoms with Crippen molar-refractivity contribution in [3.63, 3.8) is 0 Å². The summed E-state index contributed by atoms with van der Waals surface area (Å²) in [5.41, 5.74) is 2.12. The zero-order valence-corrected chi connectivity index (χ0v) is 22.8. The number of carbonyl (C=O) groups excluding carboxylic acids is 2. The van der Waals surface area contributed by atoms with E-state index in [1.54, 1.807) is 19.1 Å². The molecular weight excluding hydrogens is 518 g/mol. The number of hydrogen-bond acceptors (Lipinski definition) is 4. The summed E-state index contributed by atoms with van der Waals surface area (Å²) in [5.74, 6) is -0.735. The third-order valence-electron chi connectivity index (χ3n) is 5.73. The summed E-state index contributed by atoms with van der Waals surface area (Å²) in [6.45, 7) is 7.24. The van der Waals surface area contributed by atoms with Crippen molar-refractivity contribution in [2.75, 3.05) is 17.1 Å². The van der Waals surface area contributed by atoms with Gasteiger partial charge in [-0.15, -0.1) is 0 Å². The fraction of sp³-hybridized carbons (Fsp3) is 0.440. The van der Waals surface area contributed by atoms with Crippen LogP contribution in [-0.4, -0.2) is 50.0 Å². The van der Waals surface area contributed by atoms with Gasteiger partial charge in [-0.05, 0) is 56.0 Å². The van der Waals surface area contributed by atoms with Gasteiger partial charge in [0.2, 0.25) is 21.8 Å². The lowest BCUT2D eigenvalue weighted by Crippen LogP contribution is -2.52. The Labute approximate surface area is 211 Å². The number of amides is 2. The molecule has 2 rings (SSSR count). The summed E-state index contributed by atoms with van der Waals surface area (Å²) >= 11 is 3.44. The number of rotatable bonds is 11. The second kappa shape index (κ2) is 12.4.